The zero-order valence-electron chi connectivity index (χ0n) is 11.6. The van der Waals surface area contributed by atoms with E-state index in [0.717, 1.165) is 0 Å². The fourth-order valence-electron chi connectivity index (χ4n) is 1.98. The number of carbonyl (C=O) groups is 1. The molecule has 0 unspecified atom stereocenters. The normalized spacial score (nSPS) is 10.7. The lowest BCUT2D eigenvalue weighted by Gasteiger charge is -2.12. The Kier molecular flexibility index (Phi) is 4.57. The Balaban J connectivity index is 2.57. The molecule has 21 heavy (non-hydrogen) atoms. The maximum Gasteiger partial charge on any atom is 0.340 e. The summed E-state index contributed by atoms with van der Waals surface area (Å²) in [6, 6.07) is 6.31. The Hall–Kier alpha value is -2.37. The highest BCUT2D eigenvalue weighted by Crippen LogP contribution is 2.29. The monoisotopic (exact) mass is 292 g/mol. The van der Waals surface area contributed by atoms with Crippen molar-refractivity contribution in [3.05, 3.63) is 47.3 Å². The molecule has 0 aliphatic heterocycles. The van der Waals surface area contributed by atoms with Gasteiger partial charge in [-0.1, -0.05) is 6.07 Å². The van der Waals surface area contributed by atoms with Gasteiger partial charge in [-0.05, 0) is 32.0 Å². The molecule has 0 aromatic carbocycles. The lowest BCUT2D eigenvalue weighted by Crippen LogP contribution is -2.12. The van der Waals surface area contributed by atoms with E-state index in [1.165, 1.54) is 13.0 Å². The molecule has 0 atom stereocenters. The summed E-state index contributed by atoms with van der Waals surface area (Å²) in [7, 11) is 0. The minimum atomic E-state index is -2.80. The zero-order chi connectivity index (χ0) is 15.4. The van der Waals surface area contributed by atoms with Crippen molar-refractivity contribution in [2.24, 2.45) is 0 Å². The van der Waals surface area contributed by atoms with E-state index >= 15 is 0 Å². The van der Waals surface area contributed by atoms with Crippen molar-refractivity contribution in [1.82, 2.24) is 9.97 Å². The second-order valence-electron chi connectivity index (χ2n) is 4.29. The predicted molar refractivity (Wildman–Crippen MR) is 73.1 cm³/mol. The molecule has 0 spiro atoms. The molecule has 0 aliphatic rings. The molecular formula is C15H14F2N2O2. The number of hydrogen-bond donors (Lipinski definition) is 0. The molecule has 2 heterocycles. The Labute approximate surface area is 120 Å². The second-order valence-corrected chi connectivity index (χ2v) is 4.29. The van der Waals surface area contributed by atoms with Gasteiger partial charge in [0.1, 0.15) is 0 Å². The molecule has 0 amide bonds. The lowest BCUT2D eigenvalue weighted by molar-refractivity contribution is 0.0514. The van der Waals surface area contributed by atoms with Crippen molar-refractivity contribution in [1.29, 1.82) is 0 Å². The van der Waals surface area contributed by atoms with Gasteiger partial charge in [0.05, 0.1) is 29.3 Å². The Morgan fingerprint density at radius 3 is 2.67 bits per heavy atom. The SMILES string of the molecule is CCOC(=O)c1c(C(F)F)cc(-c2ccccn2)nc1C. The van der Waals surface area contributed by atoms with Gasteiger partial charge in [0.15, 0.2) is 0 Å². The molecule has 0 bridgehead atoms. The topological polar surface area (TPSA) is 52.1 Å². The number of pyridine rings is 2. The van der Waals surface area contributed by atoms with Crippen LogP contribution in [0.4, 0.5) is 8.78 Å². The number of aromatic nitrogens is 2. The molecule has 6 heteroatoms. The van der Waals surface area contributed by atoms with Crippen LogP contribution in [0.15, 0.2) is 30.5 Å². The molecule has 4 nitrogen and oxygen atoms in total. The summed E-state index contributed by atoms with van der Waals surface area (Å²) in [5.41, 5.74) is 0.411. The van der Waals surface area contributed by atoms with Crippen LogP contribution in [0.1, 0.15) is 35.0 Å². The molecular weight excluding hydrogens is 278 g/mol. The first-order valence-corrected chi connectivity index (χ1v) is 6.42. The number of hydrogen-bond acceptors (Lipinski definition) is 4. The van der Waals surface area contributed by atoms with E-state index in [0.29, 0.717) is 11.4 Å². The summed E-state index contributed by atoms with van der Waals surface area (Å²) in [5, 5.41) is 0. The van der Waals surface area contributed by atoms with Crippen molar-refractivity contribution in [2.75, 3.05) is 6.61 Å². The first kappa shape index (κ1) is 15.0. The molecule has 2 aromatic heterocycles. The average molecular weight is 292 g/mol. The van der Waals surface area contributed by atoms with Crippen LogP contribution >= 0.6 is 0 Å². The molecule has 2 aromatic rings. The van der Waals surface area contributed by atoms with Gasteiger partial charge in [-0.3, -0.25) is 9.97 Å². The first-order chi connectivity index (χ1) is 10.0. The first-order valence-electron chi connectivity index (χ1n) is 6.42. The minimum Gasteiger partial charge on any atom is -0.462 e. The van der Waals surface area contributed by atoms with Crippen LogP contribution in [0.3, 0.4) is 0 Å². The van der Waals surface area contributed by atoms with Crippen LogP contribution in [-0.4, -0.2) is 22.5 Å². The maximum atomic E-state index is 13.2. The number of rotatable bonds is 4. The fourth-order valence-corrected chi connectivity index (χ4v) is 1.98. The minimum absolute atomic E-state index is 0.114. The number of alkyl halides is 2. The molecule has 0 fully saturated rings. The summed E-state index contributed by atoms with van der Waals surface area (Å²) in [4.78, 5) is 20.1. The average Bonchev–Trinajstić information content (AvgIpc) is 2.47. The van der Waals surface area contributed by atoms with Crippen LogP contribution < -0.4 is 0 Å². The number of ether oxygens (including phenoxy) is 1. The summed E-state index contributed by atoms with van der Waals surface area (Å²) >= 11 is 0. The van der Waals surface area contributed by atoms with E-state index in [-0.39, 0.29) is 23.4 Å². The lowest BCUT2D eigenvalue weighted by atomic mass is 10.0. The number of halogens is 2. The highest BCUT2D eigenvalue weighted by molar-refractivity contribution is 5.92. The predicted octanol–water partition coefficient (Wildman–Crippen LogP) is 3.57. The van der Waals surface area contributed by atoms with Crippen molar-refractivity contribution < 1.29 is 18.3 Å². The quantitative estimate of drug-likeness (QED) is 0.808. The summed E-state index contributed by atoms with van der Waals surface area (Å²) in [6.45, 7) is 3.23. The number of carbonyl (C=O) groups excluding carboxylic acids is 1. The van der Waals surface area contributed by atoms with Crippen LogP contribution in [0.25, 0.3) is 11.4 Å². The van der Waals surface area contributed by atoms with E-state index in [4.69, 9.17) is 4.74 Å². The van der Waals surface area contributed by atoms with E-state index in [1.807, 2.05) is 0 Å². The van der Waals surface area contributed by atoms with Gasteiger partial charge in [-0.2, -0.15) is 0 Å². The van der Waals surface area contributed by atoms with Crippen molar-refractivity contribution in [3.8, 4) is 11.4 Å². The number of esters is 1. The van der Waals surface area contributed by atoms with E-state index in [2.05, 4.69) is 9.97 Å². The molecule has 0 radical (unpaired) electrons. The van der Waals surface area contributed by atoms with Gasteiger partial charge in [0, 0.05) is 11.8 Å². The van der Waals surface area contributed by atoms with Gasteiger partial charge < -0.3 is 4.74 Å². The molecule has 0 saturated heterocycles. The Morgan fingerprint density at radius 1 is 1.33 bits per heavy atom. The zero-order valence-corrected chi connectivity index (χ0v) is 11.6. The van der Waals surface area contributed by atoms with Gasteiger partial charge in [-0.15, -0.1) is 0 Å². The van der Waals surface area contributed by atoms with Crippen molar-refractivity contribution >= 4 is 5.97 Å². The van der Waals surface area contributed by atoms with Crippen molar-refractivity contribution in [2.45, 2.75) is 20.3 Å². The van der Waals surface area contributed by atoms with Gasteiger partial charge in [-0.25, -0.2) is 13.6 Å². The summed E-state index contributed by atoms with van der Waals surface area (Å²) in [6.07, 6.45) is -1.25. The molecule has 2 rings (SSSR count). The molecule has 0 N–H and O–H groups in total. The summed E-state index contributed by atoms with van der Waals surface area (Å²) < 4.78 is 31.3. The van der Waals surface area contributed by atoms with Gasteiger partial charge in [0.2, 0.25) is 0 Å². The van der Waals surface area contributed by atoms with Crippen LogP contribution in [-0.2, 0) is 4.74 Å². The van der Waals surface area contributed by atoms with Crippen LogP contribution in [0.5, 0.6) is 0 Å². The van der Waals surface area contributed by atoms with Crippen LogP contribution in [0, 0.1) is 6.92 Å². The summed E-state index contributed by atoms with van der Waals surface area (Å²) in [5.74, 6) is -0.787. The van der Waals surface area contributed by atoms with E-state index in [1.54, 1.807) is 31.3 Å². The third-order valence-electron chi connectivity index (χ3n) is 2.87. The van der Waals surface area contributed by atoms with Crippen molar-refractivity contribution in [3.63, 3.8) is 0 Å². The Bertz CT molecular complexity index is 646. The maximum absolute atomic E-state index is 13.2. The number of aryl methyl sites for hydroxylation is 1. The molecule has 0 saturated carbocycles. The van der Waals surface area contributed by atoms with Gasteiger partial charge >= 0.3 is 5.97 Å². The smallest absolute Gasteiger partial charge is 0.340 e. The largest absolute Gasteiger partial charge is 0.462 e. The van der Waals surface area contributed by atoms with E-state index < -0.39 is 12.4 Å². The van der Waals surface area contributed by atoms with Gasteiger partial charge in [0.25, 0.3) is 6.43 Å². The highest BCUT2D eigenvalue weighted by Gasteiger charge is 2.24. The number of nitrogens with zero attached hydrogens (tertiary/aromatic N) is 2. The third-order valence-corrected chi connectivity index (χ3v) is 2.87. The van der Waals surface area contributed by atoms with Crippen LogP contribution in [0.2, 0.25) is 0 Å². The standard InChI is InChI=1S/C15H14F2N2O2/c1-3-21-15(20)13-9(2)19-12(8-10(13)14(16)17)11-6-4-5-7-18-11/h4-8,14H,3H2,1-2H3. The fraction of sp³-hybridized carbons (Fsp3) is 0.267. The molecule has 110 valence electrons. The third kappa shape index (κ3) is 3.21. The molecule has 0 aliphatic carbocycles. The van der Waals surface area contributed by atoms with E-state index in [9.17, 15) is 13.6 Å². The highest BCUT2D eigenvalue weighted by atomic mass is 19.3. The second kappa shape index (κ2) is 6.39. The Morgan fingerprint density at radius 2 is 2.10 bits per heavy atom.